The van der Waals surface area contributed by atoms with Crippen LogP contribution in [0.15, 0.2) is 18.2 Å². The molecule has 126 valence electrons. The maximum Gasteiger partial charge on any atom is 0.337 e. The molecule has 1 aromatic heterocycles. The Hall–Kier alpha value is -2.96. The summed E-state index contributed by atoms with van der Waals surface area (Å²) in [5.41, 5.74) is 2.93. The lowest BCUT2D eigenvalue weighted by Crippen LogP contribution is -2.24. The summed E-state index contributed by atoms with van der Waals surface area (Å²) in [6, 6.07) is 4.68. The second kappa shape index (κ2) is 6.66. The third-order valence-electron chi connectivity index (χ3n) is 3.84. The standard InChI is InChI=1S/C17H19N3O4/c1-9-8-12(17(23)24-5)6-7-13(9)18-16(22)15(21)14-10(2)19-20(4)11(14)3/h6-8H,1-5H3,(H,18,22). The number of hydrogen-bond acceptors (Lipinski definition) is 5. The van der Waals surface area contributed by atoms with Gasteiger partial charge in [-0.2, -0.15) is 5.10 Å². The number of ether oxygens (including phenoxy) is 1. The van der Waals surface area contributed by atoms with Crippen LogP contribution in [0.3, 0.4) is 0 Å². The molecule has 2 aromatic rings. The molecular weight excluding hydrogens is 310 g/mol. The number of esters is 1. The Labute approximate surface area is 139 Å². The zero-order valence-corrected chi connectivity index (χ0v) is 14.3. The summed E-state index contributed by atoms with van der Waals surface area (Å²) in [5.74, 6) is -1.86. The van der Waals surface area contributed by atoms with Gasteiger partial charge in [0, 0.05) is 18.4 Å². The summed E-state index contributed by atoms with van der Waals surface area (Å²) in [4.78, 5) is 36.2. The quantitative estimate of drug-likeness (QED) is 0.526. The maximum atomic E-state index is 12.4. The van der Waals surface area contributed by atoms with Crippen molar-refractivity contribution in [3.63, 3.8) is 0 Å². The molecule has 1 heterocycles. The van der Waals surface area contributed by atoms with Crippen molar-refractivity contribution in [2.75, 3.05) is 12.4 Å². The molecule has 0 saturated heterocycles. The summed E-state index contributed by atoms with van der Waals surface area (Å²) in [6.45, 7) is 5.15. The minimum Gasteiger partial charge on any atom is -0.465 e. The van der Waals surface area contributed by atoms with Gasteiger partial charge in [-0.05, 0) is 44.5 Å². The van der Waals surface area contributed by atoms with Crippen molar-refractivity contribution in [1.82, 2.24) is 9.78 Å². The fourth-order valence-corrected chi connectivity index (χ4v) is 2.44. The third kappa shape index (κ3) is 3.19. The number of anilines is 1. The van der Waals surface area contributed by atoms with Crippen molar-refractivity contribution >= 4 is 23.3 Å². The predicted molar refractivity (Wildman–Crippen MR) is 88.2 cm³/mol. The second-order valence-electron chi connectivity index (χ2n) is 5.47. The number of aromatic nitrogens is 2. The monoisotopic (exact) mass is 329 g/mol. The average molecular weight is 329 g/mol. The number of carbonyl (C=O) groups excluding carboxylic acids is 3. The van der Waals surface area contributed by atoms with Crippen LogP contribution in [0, 0.1) is 20.8 Å². The first-order valence-electron chi connectivity index (χ1n) is 7.31. The Morgan fingerprint density at radius 3 is 2.33 bits per heavy atom. The highest BCUT2D eigenvalue weighted by molar-refractivity contribution is 6.47. The number of carbonyl (C=O) groups is 3. The molecule has 0 aliphatic heterocycles. The first-order valence-corrected chi connectivity index (χ1v) is 7.31. The van der Waals surface area contributed by atoms with Crippen molar-refractivity contribution in [2.45, 2.75) is 20.8 Å². The minimum atomic E-state index is -0.747. The maximum absolute atomic E-state index is 12.4. The predicted octanol–water partition coefficient (Wildman–Crippen LogP) is 1.95. The van der Waals surface area contributed by atoms with E-state index in [9.17, 15) is 14.4 Å². The largest absolute Gasteiger partial charge is 0.465 e. The van der Waals surface area contributed by atoms with E-state index in [0.717, 1.165) is 0 Å². The van der Waals surface area contributed by atoms with E-state index in [1.807, 2.05) is 0 Å². The molecular formula is C17H19N3O4. The Kier molecular flexibility index (Phi) is 4.82. The van der Waals surface area contributed by atoms with E-state index in [1.165, 1.54) is 13.2 Å². The molecule has 0 fully saturated rings. The van der Waals surface area contributed by atoms with Crippen LogP contribution in [0.2, 0.25) is 0 Å². The third-order valence-corrected chi connectivity index (χ3v) is 3.84. The van der Waals surface area contributed by atoms with Gasteiger partial charge in [-0.3, -0.25) is 14.3 Å². The van der Waals surface area contributed by atoms with Crippen LogP contribution in [-0.2, 0) is 16.6 Å². The van der Waals surface area contributed by atoms with Gasteiger partial charge < -0.3 is 10.1 Å². The molecule has 2 rings (SSSR count). The first-order chi connectivity index (χ1) is 11.3. The van der Waals surface area contributed by atoms with Crippen molar-refractivity contribution in [3.8, 4) is 0 Å². The minimum absolute atomic E-state index is 0.304. The zero-order valence-electron chi connectivity index (χ0n) is 14.3. The molecule has 24 heavy (non-hydrogen) atoms. The van der Waals surface area contributed by atoms with Crippen LogP contribution in [0.4, 0.5) is 5.69 Å². The van der Waals surface area contributed by atoms with Crippen LogP contribution in [0.25, 0.3) is 0 Å². The van der Waals surface area contributed by atoms with Gasteiger partial charge in [0.25, 0.3) is 11.7 Å². The van der Waals surface area contributed by atoms with Gasteiger partial charge in [0.15, 0.2) is 0 Å². The highest BCUT2D eigenvalue weighted by Crippen LogP contribution is 2.19. The molecule has 0 aliphatic carbocycles. The smallest absolute Gasteiger partial charge is 0.337 e. The second-order valence-corrected chi connectivity index (χ2v) is 5.47. The Balaban J connectivity index is 2.23. The summed E-state index contributed by atoms with van der Waals surface area (Å²) < 4.78 is 6.21. The number of hydrogen-bond donors (Lipinski definition) is 1. The highest BCUT2D eigenvalue weighted by atomic mass is 16.5. The molecule has 0 saturated carbocycles. The van der Waals surface area contributed by atoms with Gasteiger partial charge in [0.2, 0.25) is 0 Å². The number of rotatable bonds is 4. The van der Waals surface area contributed by atoms with Crippen LogP contribution >= 0.6 is 0 Å². The fourth-order valence-electron chi connectivity index (χ4n) is 2.44. The molecule has 0 atom stereocenters. The number of amides is 1. The van der Waals surface area contributed by atoms with Gasteiger partial charge in [-0.1, -0.05) is 0 Å². The number of benzene rings is 1. The molecule has 1 amide bonds. The van der Waals surface area contributed by atoms with Crippen molar-refractivity contribution in [2.24, 2.45) is 7.05 Å². The first kappa shape index (κ1) is 17.4. The van der Waals surface area contributed by atoms with Gasteiger partial charge >= 0.3 is 5.97 Å². The SMILES string of the molecule is COC(=O)c1ccc(NC(=O)C(=O)c2c(C)nn(C)c2C)c(C)c1. The molecule has 0 unspecified atom stereocenters. The lowest BCUT2D eigenvalue weighted by molar-refractivity contribution is -0.112. The number of ketones is 1. The van der Waals surface area contributed by atoms with E-state index in [-0.39, 0.29) is 0 Å². The molecule has 1 N–H and O–H groups in total. The van der Waals surface area contributed by atoms with Crippen LogP contribution in [0.1, 0.15) is 37.7 Å². The molecule has 0 spiro atoms. The summed E-state index contributed by atoms with van der Waals surface area (Å²) >= 11 is 0. The van der Waals surface area contributed by atoms with Crippen molar-refractivity contribution in [1.29, 1.82) is 0 Å². The zero-order chi connectivity index (χ0) is 18.0. The number of aryl methyl sites for hydroxylation is 3. The van der Waals surface area contributed by atoms with Gasteiger partial charge in [0.05, 0.1) is 23.9 Å². The summed E-state index contributed by atoms with van der Waals surface area (Å²) in [7, 11) is 3.01. The van der Waals surface area contributed by atoms with Gasteiger partial charge in [-0.25, -0.2) is 4.79 Å². The Morgan fingerprint density at radius 1 is 1.17 bits per heavy atom. The summed E-state index contributed by atoms with van der Waals surface area (Å²) in [6.07, 6.45) is 0. The lowest BCUT2D eigenvalue weighted by Gasteiger charge is -2.09. The molecule has 0 radical (unpaired) electrons. The van der Waals surface area contributed by atoms with Crippen LogP contribution in [-0.4, -0.2) is 34.6 Å². The fraction of sp³-hybridized carbons (Fsp3) is 0.294. The van der Waals surface area contributed by atoms with E-state index in [2.05, 4.69) is 15.2 Å². The number of methoxy groups -OCH3 is 1. The van der Waals surface area contributed by atoms with E-state index in [4.69, 9.17) is 0 Å². The molecule has 0 bridgehead atoms. The molecule has 7 nitrogen and oxygen atoms in total. The lowest BCUT2D eigenvalue weighted by atomic mass is 10.1. The van der Waals surface area contributed by atoms with E-state index < -0.39 is 17.7 Å². The highest BCUT2D eigenvalue weighted by Gasteiger charge is 2.24. The van der Waals surface area contributed by atoms with Crippen LogP contribution in [0.5, 0.6) is 0 Å². The average Bonchev–Trinajstić information content (AvgIpc) is 2.80. The Bertz CT molecular complexity index is 837. The topological polar surface area (TPSA) is 90.3 Å². The van der Waals surface area contributed by atoms with Gasteiger partial charge in [-0.15, -0.1) is 0 Å². The molecule has 0 aliphatic rings. The number of Topliss-reactive ketones (excluding diaryl/α,β-unsaturated/α-hetero) is 1. The molecule has 7 heteroatoms. The van der Waals surface area contributed by atoms with Gasteiger partial charge in [0.1, 0.15) is 0 Å². The Morgan fingerprint density at radius 2 is 1.83 bits per heavy atom. The van der Waals surface area contributed by atoms with Crippen LogP contribution < -0.4 is 5.32 Å². The number of nitrogens with zero attached hydrogens (tertiary/aromatic N) is 2. The normalized spacial score (nSPS) is 10.4. The summed E-state index contributed by atoms with van der Waals surface area (Å²) in [5, 5.41) is 6.72. The van der Waals surface area contributed by atoms with Crippen molar-refractivity contribution in [3.05, 3.63) is 46.3 Å². The molecule has 1 aromatic carbocycles. The number of nitrogens with one attached hydrogen (secondary N) is 1. The van der Waals surface area contributed by atoms with Crippen molar-refractivity contribution < 1.29 is 19.1 Å². The van der Waals surface area contributed by atoms with E-state index in [1.54, 1.807) is 44.6 Å². The van der Waals surface area contributed by atoms with E-state index >= 15 is 0 Å². The van der Waals surface area contributed by atoms with E-state index in [0.29, 0.717) is 33.8 Å².